The summed E-state index contributed by atoms with van der Waals surface area (Å²) in [6.07, 6.45) is 0.268. The first kappa shape index (κ1) is 16.4. The number of imide groups is 1. The van der Waals surface area contributed by atoms with Gasteiger partial charge in [0.15, 0.2) is 0 Å². The number of H-pyrrole nitrogens is 1. The largest absolute Gasteiger partial charge is 0.480 e. The zero-order valence-electron chi connectivity index (χ0n) is 13.0. The SMILES string of the molecule is CC1CC(=O)N([C@H](Cc2nc3ccc(Cl)cc3[nH]2)C(=O)O)C(=O)C1. The number of fused-ring (bicyclic) bond motifs is 1. The standard InChI is InChI=1S/C16H16ClN3O4/c1-8-4-14(21)20(15(22)5-8)12(16(23)24)7-13-18-10-3-2-9(17)6-11(10)19-13/h2-3,6,8,12H,4-5,7H2,1H3,(H,18,19)(H,23,24)/t12-/m1/s1. The van der Waals surface area contributed by atoms with Gasteiger partial charge in [0.05, 0.1) is 11.0 Å². The lowest BCUT2D eigenvalue weighted by molar-refractivity contribution is -0.161. The minimum atomic E-state index is -1.27. The maximum Gasteiger partial charge on any atom is 0.327 e. The predicted molar refractivity (Wildman–Crippen MR) is 86.5 cm³/mol. The number of halogens is 1. The second kappa shape index (κ2) is 6.24. The van der Waals surface area contributed by atoms with E-state index in [2.05, 4.69) is 9.97 Å². The molecule has 2 heterocycles. The fourth-order valence-corrected chi connectivity index (χ4v) is 3.13. The Labute approximate surface area is 142 Å². The lowest BCUT2D eigenvalue weighted by Crippen LogP contribution is -2.53. The summed E-state index contributed by atoms with van der Waals surface area (Å²) < 4.78 is 0. The normalized spacial score (nSPS) is 17.5. The molecule has 1 aromatic heterocycles. The van der Waals surface area contributed by atoms with Gasteiger partial charge in [0.1, 0.15) is 11.9 Å². The lowest BCUT2D eigenvalue weighted by Gasteiger charge is -2.32. The van der Waals surface area contributed by atoms with Crippen LogP contribution in [0.25, 0.3) is 11.0 Å². The van der Waals surface area contributed by atoms with Gasteiger partial charge in [-0.3, -0.25) is 14.5 Å². The molecule has 1 aliphatic heterocycles. The van der Waals surface area contributed by atoms with Crippen molar-refractivity contribution in [1.82, 2.24) is 14.9 Å². The van der Waals surface area contributed by atoms with Crippen molar-refractivity contribution in [3.8, 4) is 0 Å². The second-order valence-corrected chi connectivity index (χ2v) is 6.51. The van der Waals surface area contributed by atoms with Crippen LogP contribution in [0.5, 0.6) is 0 Å². The van der Waals surface area contributed by atoms with E-state index in [0.717, 1.165) is 4.90 Å². The zero-order chi connectivity index (χ0) is 17.4. The van der Waals surface area contributed by atoms with Gasteiger partial charge in [0.2, 0.25) is 11.8 Å². The molecule has 0 radical (unpaired) electrons. The monoisotopic (exact) mass is 349 g/mol. The second-order valence-electron chi connectivity index (χ2n) is 6.07. The van der Waals surface area contributed by atoms with Crippen molar-refractivity contribution in [2.45, 2.75) is 32.2 Å². The number of nitrogens with one attached hydrogen (secondary N) is 1. The average Bonchev–Trinajstić information content (AvgIpc) is 2.86. The fourth-order valence-electron chi connectivity index (χ4n) is 2.96. The van der Waals surface area contributed by atoms with Gasteiger partial charge in [-0.2, -0.15) is 0 Å². The third-order valence-electron chi connectivity index (χ3n) is 4.06. The molecule has 0 saturated carbocycles. The number of likely N-dealkylation sites (tertiary alicyclic amines) is 1. The molecule has 0 aliphatic carbocycles. The summed E-state index contributed by atoms with van der Waals surface area (Å²) in [5, 5.41) is 10.0. The number of carboxylic acid groups (broad SMARTS) is 1. The highest BCUT2D eigenvalue weighted by molar-refractivity contribution is 6.31. The third-order valence-corrected chi connectivity index (χ3v) is 4.30. The number of carbonyl (C=O) groups excluding carboxylic acids is 2. The molecule has 126 valence electrons. The number of nitrogens with zero attached hydrogens (tertiary/aromatic N) is 2. The fraction of sp³-hybridized carbons (Fsp3) is 0.375. The van der Waals surface area contributed by atoms with E-state index in [1.165, 1.54) is 0 Å². The van der Waals surface area contributed by atoms with Gasteiger partial charge in [0.25, 0.3) is 0 Å². The molecule has 1 aliphatic rings. The van der Waals surface area contributed by atoms with E-state index in [1.54, 1.807) is 25.1 Å². The summed E-state index contributed by atoms with van der Waals surface area (Å²) in [4.78, 5) is 44.1. The Morgan fingerprint density at radius 2 is 2.08 bits per heavy atom. The van der Waals surface area contributed by atoms with E-state index in [0.29, 0.717) is 21.9 Å². The van der Waals surface area contributed by atoms with Crippen LogP contribution in [0.15, 0.2) is 18.2 Å². The van der Waals surface area contributed by atoms with Crippen molar-refractivity contribution in [1.29, 1.82) is 0 Å². The number of benzene rings is 1. The molecule has 0 unspecified atom stereocenters. The molecule has 0 spiro atoms. The molecule has 1 fully saturated rings. The van der Waals surface area contributed by atoms with E-state index in [-0.39, 0.29) is 25.2 Å². The topological polar surface area (TPSA) is 103 Å². The number of carbonyl (C=O) groups is 3. The number of amides is 2. The van der Waals surface area contributed by atoms with Crippen LogP contribution >= 0.6 is 11.6 Å². The van der Waals surface area contributed by atoms with Gasteiger partial charge >= 0.3 is 5.97 Å². The number of imidazole rings is 1. The highest BCUT2D eigenvalue weighted by Crippen LogP contribution is 2.23. The summed E-state index contributed by atoms with van der Waals surface area (Å²) in [5.74, 6) is -1.82. The number of aromatic amines is 1. The molecule has 2 amide bonds. The molecule has 24 heavy (non-hydrogen) atoms. The smallest absolute Gasteiger partial charge is 0.327 e. The number of hydrogen-bond acceptors (Lipinski definition) is 4. The summed E-state index contributed by atoms with van der Waals surface area (Å²) >= 11 is 5.92. The maximum absolute atomic E-state index is 12.2. The number of aromatic nitrogens is 2. The minimum Gasteiger partial charge on any atom is -0.480 e. The van der Waals surface area contributed by atoms with Gasteiger partial charge in [0, 0.05) is 24.3 Å². The van der Waals surface area contributed by atoms with Crippen LogP contribution in [0.4, 0.5) is 0 Å². The number of hydrogen-bond donors (Lipinski definition) is 2. The first-order chi connectivity index (χ1) is 11.3. The van der Waals surface area contributed by atoms with Crippen LogP contribution in [0.2, 0.25) is 5.02 Å². The van der Waals surface area contributed by atoms with Gasteiger partial charge < -0.3 is 10.1 Å². The Morgan fingerprint density at radius 1 is 1.42 bits per heavy atom. The third kappa shape index (κ3) is 3.12. The number of rotatable bonds is 4. The van der Waals surface area contributed by atoms with Crippen LogP contribution in [-0.4, -0.2) is 43.8 Å². The van der Waals surface area contributed by atoms with E-state index in [1.807, 2.05) is 0 Å². The van der Waals surface area contributed by atoms with Gasteiger partial charge in [-0.1, -0.05) is 18.5 Å². The van der Waals surface area contributed by atoms with Crippen LogP contribution < -0.4 is 0 Å². The Bertz CT molecular complexity index is 814. The van der Waals surface area contributed by atoms with Gasteiger partial charge in [-0.25, -0.2) is 9.78 Å². The molecule has 8 heteroatoms. The van der Waals surface area contributed by atoms with Crippen LogP contribution in [0.1, 0.15) is 25.6 Å². The first-order valence-corrected chi connectivity index (χ1v) is 7.95. The molecule has 1 aromatic carbocycles. The van der Waals surface area contributed by atoms with Crippen LogP contribution in [-0.2, 0) is 20.8 Å². The Balaban J connectivity index is 1.89. The van der Waals surface area contributed by atoms with Crippen molar-refractivity contribution in [3.05, 3.63) is 29.0 Å². The summed E-state index contributed by atoms with van der Waals surface area (Å²) in [6, 6.07) is 3.81. The molecule has 7 nitrogen and oxygen atoms in total. The van der Waals surface area contributed by atoms with Crippen molar-refractivity contribution in [2.24, 2.45) is 5.92 Å². The van der Waals surface area contributed by atoms with Crippen molar-refractivity contribution >= 4 is 40.4 Å². The van der Waals surface area contributed by atoms with Crippen molar-refractivity contribution in [2.75, 3.05) is 0 Å². The molecular weight excluding hydrogens is 334 g/mol. The van der Waals surface area contributed by atoms with E-state index in [4.69, 9.17) is 11.6 Å². The van der Waals surface area contributed by atoms with Crippen molar-refractivity contribution in [3.63, 3.8) is 0 Å². The number of piperidine rings is 1. The lowest BCUT2D eigenvalue weighted by atomic mass is 9.95. The molecule has 2 aromatic rings. The van der Waals surface area contributed by atoms with E-state index in [9.17, 15) is 19.5 Å². The highest BCUT2D eigenvalue weighted by atomic mass is 35.5. The first-order valence-electron chi connectivity index (χ1n) is 7.57. The number of aliphatic carboxylic acids is 1. The van der Waals surface area contributed by atoms with E-state index >= 15 is 0 Å². The molecule has 2 N–H and O–H groups in total. The molecule has 1 atom stereocenters. The molecule has 0 bridgehead atoms. The Morgan fingerprint density at radius 3 is 2.71 bits per heavy atom. The van der Waals surface area contributed by atoms with Crippen LogP contribution in [0, 0.1) is 5.92 Å². The molecular formula is C16H16ClN3O4. The maximum atomic E-state index is 12.2. The predicted octanol–water partition coefficient (Wildman–Crippen LogP) is 2.00. The summed E-state index contributed by atoms with van der Waals surface area (Å²) in [6.45, 7) is 1.80. The van der Waals surface area contributed by atoms with Gasteiger partial charge in [-0.15, -0.1) is 0 Å². The highest BCUT2D eigenvalue weighted by Gasteiger charge is 2.39. The van der Waals surface area contributed by atoms with Crippen LogP contribution in [0.3, 0.4) is 0 Å². The van der Waals surface area contributed by atoms with Gasteiger partial charge in [-0.05, 0) is 24.1 Å². The Kier molecular flexibility index (Phi) is 4.28. The Hall–Kier alpha value is -2.41. The van der Waals surface area contributed by atoms with E-state index < -0.39 is 23.8 Å². The molecule has 3 rings (SSSR count). The van der Waals surface area contributed by atoms with Crippen molar-refractivity contribution < 1.29 is 19.5 Å². The number of carboxylic acids is 1. The molecule has 1 saturated heterocycles. The minimum absolute atomic E-state index is 0.0657. The summed E-state index contributed by atoms with van der Waals surface area (Å²) in [5.41, 5.74) is 1.31. The quantitative estimate of drug-likeness (QED) is 0.822. The zero-order valence-corrected chi connectivity index (χ0v) is 13.7. The average molecular weight is 350 g/mol. The summed E-state index contributed by atoms with van der Waals surface area (Å²) in [7, 11) is 0.